The minimum Gasteiger partial charge on any atom is -0.315 e. The summed E-state index contributed by atoms with van der Waals surface area (Å²) in [5.41, 5.74) is 3.84. The molecule has 0 unspecified atom stereocenters. The van der Waals surface area contributed by atoms with Crippen molar-refractivity contribution >= 4 is 46.1 Å². The number of imidazole rings is 1. The Balaban J connectivity index is 1.45. The molecule has 0 atom stereocenters. The second-order valence-electron chi connectivity index (χ2n) is 9.52. The maximum Gasteiger partial charge on any atom is 0.257 e. The maximum absolute atomic E-state index is 13.1. The van der Waals surface area contributed by atoms with Gasteiger partial charge in [0.1, 0.15) is 0 Å². The van der Waals surface area contributed by atoms with Gasteiger partial charge in [0.05, 0.1) is 11.0 Å². The van der Waals surface area contributed by atoms with E-state index in [1.54, 1.807) is 35.4 Å². The molecule has 0 aliphatic heterocycles. The number of aromatic nitrogens is 3. The van der Waals surface area contributed by atoms with Gasteiger partial charge in [0.25, 0.3) is 5.91 Å². The summed E-state index contributed by atoms with van der Waals surface area (Å²) in [7, 11) is 1.83. The van der Waals surface area contributed by atoms with Crippen LogP contribution in [0, 0.1) is 5.92 Å². The lowest BCUT2D eigenvalue weighted by Gasteiger charge is -2.26. The minimum absolute atomic E-state index is 0.0830. The number of nitrogens with one attached hydrogen (secondary N) is 1. The third-order valence-electron chi connectivity index (χ3n) is 7.05. The molecule has 0 spiro atoms. The monoisotopic (exact) mass is 515 g/mol. The number of hydrogen-bond donors (Lipinski definition) is 1. The quantitative estimate of drug-likeness (QED) is 0.321. The van der Waals surface area contributed by atoms with E-state index in [0.717, 1.165) is 42.6 Å². The third kappa shape index (κ3) is 5.67. The summed E-state index contributed by atoms with van der Waals surface area (Å²) in [6.45, 7) is 0.583. The molecule has 2 aromatic carbocycles. The highest BCUT2D eigenvalue weighted by molar-refractivity contribution is 6.30. The van der Waals surface area contributed by atoms with Crippen molar-refractivity contribution in [2.24, 2.45) is 5.92 Å². The van der Waals surface area contributed by atoms with E-state index in [1.165, 1.54) is 6.42 Å². The smallest absolute Gasteiger partial charge is 0.257 e. The average molecular weight is 516 g/mol. The van der Waals surface area contributed by atoms with Crippen molar-refractivity contribution < 1.29 is 9.59 Å². The van der Waals surface area contributed by atoms with Crippen LogP contribution in [0.2, 0.25) is 5.02 Å². The van der Waals surface area contributed by atoms with Crippen LogP contribution in [0.5, 0.6) is 0 Å². The van der Waals surface area contributed by atoms with Crippen LogP contribution in [0.3, 0.4) is 0 Å². The van der Waals surface area contributed by atoms with Crippen LogP contribution in [0.15, 0.2) is 66.9 Å². The maximum atomic E-state index is 13.1. The Kier molecular flexibility index (Phi) is 7.51. The number of halogens is 1. The predicted octanol–water partition coefficient (Wildman–Crippen LogP) is 6.12. The van der Waals surface area contributed by atoms with Crippen LogP contribution in [0.1, 0.15) is 48.2 Å². The topological polar surface area (TPSA) is 80.1 Å². The summed E-state index contributed by atoms with van der Waals surface area (Å²) in [5, 5.41) is 3.53. The molecule has 8 heteroatoms. The lowest BCUT2D eigenvalue weighted by molar-refractivity contribution is -0.123. The van der Waals surface area contributed by atoms with Gasteiger partial charge in [-0.15, -0.1) is 0 Å². The minimum atomic E-state index is -0.268. The largest absolute Gasteiger partial charge is 0.315 e. The SMILES string of the molecule is CN(C(=O)C1CCCCC1)c1ccc2c(c1)nc(NC(=O)c1ccc(Cl)cc1)n2CCc1ccccn1. The normalized spacial score (nSPS) is 14.0. The van der Waals surface area contributed by atoms with Gasteiger partial charge in [-0.05, 0) is 67.4 Å². The molecular formula is C29H30ClN5O2. The summed E-state index contributed by atoms with van der Waals surface area (Å²) in [6, 6.07) is 18.4. The second-order valence-corrected chi connectivity index (χ2v) is 9.96. The fraction of sp³-hybridized carbons (Fsp3) is 0.310. The van der Waals surface area contributed by atoms with E-state index in [0.29, 0.717) is 35.0 Å². The standard InChI is InChI=1S/C29H30ClN5O2/c1-34(28(37)21-7-3-2-4-8-21)24-14-15-26-25(19-24)32-29(33-27(36)20-10-12-22(30)13-11-20)35(26)18-16-23-9-5-6-17-31-23/h5-6,9-15,17,19,21H,2-4,7-8,16,18H2,1H3,(H,32,33,36). The van der Waals surface area contributed by atoms with Crippen LogP contribution >= 0.6 is 11.6 Å². The Morgan fingerprint density at radius 1 is 1.05 bits per heavy atom. The highest BCUT2D eigenvalue weighted by Gasteiger charge is 2.25. The Morgan fingerprint density at radius 3 is 2.57 bits per heavy atom. The van der Waals surface area contributed by atoms with Crippen molar-refractivity contribution in [1.82, 2.24) is 14.5 Å². The number of rotatable bonds is 7. The van der Waals surface area contributed by atoms with Gasteiger partial charge in [-0.2, -0.15) is 0 Å². The zero-order chi connectivity index (χ0) is 25.8. The van der Waals surface area contributed by atoms with Gasteiger partial charge < -0.3 is 9.47 Å². The van der Waals surface area contributed by atoms with E-state index in [2.05, 4.69) is 10.3 Å². The molecule has 37 heavy (non-hydrogen) atoms. The van der Waals surface area contributed by atoms with Gasteiger partial charge in [-0.1, -0.05) is 36.9 Å². The van der Waals surface area contributed by atoms with Crippen molar-refractivity contribution in [2.75, 3.05) is 17.3 Å². The van der Waals surface area contributed by atoms with Crippen LogP contribution < -0.4 is 10.2 Å². The number of hydrogen-bond acceptors (Lipinski definition) is 4. The number of pyridine rings is 1. The lowest BCUT2D eigenvalue weighted by Crippen LogP contribution is -2.33. The van der Waals surface area contributed by atoms with E-state index in [1.807, 2.05) is 48.0 Å². The molecule has 1 fully saturated rings. The summed E-state index contributed by atoms with van der Waals surface area (Å²) >= 11 is 5.98. The molecule has 0 radical (unpaired) electrons. The van der Waals surface area contributed by atoms with Gasteiger partial charge in [-0.25, -0.2) is 4.98 Å². The number of anilines is 2. The van der Waals surface area contributed by atoms with E-state index in [4.69, 9.17) is 16.6 Å². The highest BCUT2D eigenvalue weighted by atomic mass is 35.5. The van der Waals surface area contributed by atoms with Gasteiger partial charge in [0.15, 0.2) is 0 Å². The number of carbonyl (C=O) groups is 2. The van der Waals surface area contributed by atoms with E-state index in [9.17, 15) is 9.59 Å². The average Bonchev–Trinajstić information content (AvgIpc) is 3.28. The molecule has 5 rings (SSSR count). The molecular weight excluding hydrogens is 486 g/mol. The third-order valence-corrected chi connectivity index (χ3v) is 7.31. The summed E-state index contributed by atoms with van der Waals surface area (Å²) in [5.74, 6) is 0.421. The molecule has 1 N–H and O–H groups in total. The molecule has 1 saturated carbocycles. The lowest BCUT2D eigenvalue weighted by atomic mass is 9.88. The van der Waals surface area contributed by atoms with Crippen molar-refractivity contribution in [2.45, 2.75) is 45.1 Å². The summed E-state index contributed by atoms with van der Waals surface area (Å²) < 4.78 is 1.99. The van der Waals surface area contributed by atoms with Gasteiger partial charge in [0, 0.05) is 54.1 Å². The van der Waals surface area contributed by atoms with Crippen molar-refractivity contribution in [3.8, 4) is 0 Å². The summed E-state index contributed by atoms with van der Waals surface area (Å²) in [4.78, 5) is 37.1. The zero-order valence-electron chi connectivity index (χ0n) is 20.9. The first-order valence-corrected chi connectivity index (χ1v) is 13.1. The molecule has 0 bridgehead atoms. The molecule has 1 aliphatic rings. The summed E-state index contributed by atoms with van der Waals surface area (Å²) in [6.07, 6.45) is 7.79. The Labute approximate surface area is 221 Å². The zero-order valence-corrected chi connectivity index (χ0v) is 21.6. The van der Waals surface area contributed by atoms with Crippen LogP contribution in [0.25, 0.3) is 11.0 Å². The number of benzene rings is 2. The highest BCUT2D eigenvalue weighted by Crippen LogP contribution is 2.29. The van der Waals surface area contributed by atoms with Gasteiger partial charge in [0.2, 0.25) is 11.9 Å². The van der Waals surface area contributed by atoms with Crippen molar-refractivity contribution in [3.05, 3.63) is 83.1 Å². The van der Waals surface area contributed by atoms with Gasteiger partial charge >= 0.3 is 0 Å². The molecule has 4 aromatic rings. The number of amides is 2. The number of nitrogens with zero attached hydrogens (tertiary/aromatic N) is 4. The molecule has 0 saturated heterocycles. The van der Waals surface area contributed by atoms with Crippen LogP contribution in [0.4, 0.5) is 11.6 Å². The first-order chi connectivity index (χ1) is 18.0. The molecule has 2 heterocycles. The number of carbonyl (C=O) groups excluding carboxylic acids is 2. The van der Waals surface area contributed by atoms with Crippen LogP contribution in [-0.4, -0.2) is 33.4 Å². The number of aryl methyl sites for hydroxylation is 2. The Bertz CT molecular complexity index is 1400. The van der Waals surface area contributed by atoms with Crippen molar-refractivity contribution in [3.63, 3.8) is 0 Å². The van der Waals surface area contributed by atoms with E-state index >= 15 is 0 Å². The molecule has 1 aliphatic carbocycles. The first-order valence-electron chi connectivity index (χ1n) is 12.7. The second kappa shape index (κ2) is 11.1. The predicted molar refractivity (Wildman–Crippen MR) is 147 cm³/mol. The van der Waals surface area contributed by atoms with E-state index in [-0.39, 0.29) is 17.7 Å². The molecule has 2 amide bonds. The van der Waals surface area contributed by atoms with Crippen molar-refractivity contribution in [1.29, 1.82) is 0 Å². The fourth-order valence-corrected chi connectivity index (χ4v) is 5.07. The fourth-order valence-electron chi connectivity index (χ4n) is 4.95. The van der Waals surface area contributed by atoms with E-state index < -0.39 is 0 Å². The molecule has 190 valence electrons. The number of fused-ring (bicyclic) bond motifs is 1. The molecule has 7 nitrogen and oxygen atoms in total. The first kappa shape index (κ1) is 25.0. The van der Waals surface area contributed by atoms with Gasteiger partial charge in [-0.3, -0.25) is 19.9 Å². The Hall–Kier alpha value is -3.71. The molecule has 2 aromatic heterocycles. The Morgan fingerprint density at radius 2 is 1.84 bits per heavy atom. The van der Waals surface area contributed by atoms with Crippen LogP contribution in [-0.2, 0) is 17.8 Å².